The summed E-state index contributed by atoms with van der Waals surface area (Å²) in [5.74, 6) is -4.36. The van der Waals surface area contributed by atoms with Crippen LogP contribution < -0.4 is 10.1 Å². The predicted molar refractivity (Wildman–Crippen MR) is 126 cm³/mol. The maximum atomic E-state index is 13.4. The van der Waals surface area contributed by atoms with Crippen molar-refractivity contribution < 1.29 is 28.7 Å². The molecule has 0 unspecified atom stereocenters. The molecule has 2 aromatic carbocycles. The number of nitrogens with zero attached hydrogens (tertiary/aromatic N) is 2. The Labute approximate surface area is 202 Å². The number of fused-ring (bicyclic) bond motifs is 2. The number of cyclic esters (lactones) is 1. The molecule has 0 saturated carbocycles. The Kier molecular flexibility index (Phi) is 5.79. The molecule has 0 radical (unpaired) electrons. The number of carbonyl (C=O) groups is 4. The summed E-state index contributed by atoms with van der Waals surface area (Å²) in [7, 11) is 1.54. The number of amides is 1. The SMILES string of the molecule is COc1ccc2nc(NC(=O)C(=O)[C@H](C(=O)c3ccncc3)[C@@H]3OC(=O)c4ccccc43)sc2c1. The molecular formula is C25H17N3O6S. The summed E-state index contributed by atoms with van der Waals surface area (Å²) in [4.78, 5) is 60.4. The highest BCUT2D eigenvalue weighted by atomic mass is 32.1. The van der Waals surface area contributed by atoms with Crippen molar-refractivity contribution >= 4 is 50.1 Å². The number of rotatable bonds is 7. The van der Waals surface area contributed by atoms with Crippen LogP contribution in [-0.4, -0.2) is 40.5 Å². The maximum absolute atomic E-state index is 13.4. The van der Waals surface area contributed by atoms with E-state index in [4.69, 9.17) is 9.47 Å². The van der Waals surface area contributed by atoms with Gasteiger partial charge in [0, 0.05) is 23.5 Å². The molecule has 0 saturated heterocycles. The van der Waals surface area contributed by atoms with E-state index in [9.17, 15) is 19.2 Å². The van der Waals surface area contributed by atoms with E-state index < -0.39 is 35.5 Å². The molecule has 1 aliphatic rings. The molecule has 2 atom stereocenters. The monoisotopic (exact) mass is 487 g/mol. The number of thiazole rings is 1. The van der Waals surface area contributed by atoms with Crippen molar-refractivity contribution in [2.24, 2.45) is 5.92 Å². The highest BCUT2D eigenvalue weighted by molar-refractivity contribution is 7.22. The Hall–Kier alpha value is -4.44. The molecule has 2 aromatic heterocycles. The lowest BCUT2D eigenvalue weighted by molar-refractivity contribution is -0.138. The van der Waals surface area contributed by atoms with Crippen molar-refractivity contribution in [1.82, 2.24) is 9.97 Å². The van der Waals surface area contributed by atoms with Gasteiger partial charge in [0.05, 0.1) is 22.9 Å². The second kappa shape index (κ2) is 9.07. The van der Waals surface area contributed by atoms with Gasteiger partial charge < -0.3 is 9.47 Å². The predicted octanol–water partition coefficient (Wildman–Crippen LogP) is 3.62. The molecule has 1 N–H and O–H groups in total. The fraction of sp³-hybridized carbons (Fsp3) is 0.120. The Morgan fingerprint density at radius 3 is 2.63 bits per heavy atom. The van der Waals surface area contributed by atoms with E-state index >= 15 is 0 Å². The standard InChI is InChI=1S/C25H17N3O6S/c1-33-14-6-7-17-18(12-14)35-25(27-17)28-23(31)21(30)19(20(29)13-8-10-26-11-9-13)22-15-4-2-3-5-16(15)24(32)34-22/h2-12,19,22H,1H3,(H,27,28,31)/t19-,22+/m0/s1. The summed E-state index contributed by atoms with van der Waals surface area (Å²) in [5.41, 5.74) is 1.40. The summed E-state index contributed by atoms with van der Waals surface area (Å²) in [6, 6.07) is 14.6. The highest BCUT2D eigenvalue weighted by Gasteiger charge is 2.46. The quantitative estimate of drug-likeness (QED) is 0.181. The third kappa shape index (κ3) is 4.15. The van der Waals surface area contributed by atoms with Crippen molar-refractivity contribution in [2.75, 3.05) is 12.4 Å². The molecular weight excluding hydrogens is 470 g/mol. The minimum Gasteiger partial charge on any atom is -0.497 e. The molecule has 4 aromatic rings. The number of methoxy groups -OCH3 is 1. The molecule has 0 aliphatic carbocycles. The van der Waals surface area contributed by atoms with Crippen molar-refractivity contribution in [3.8, 4) is 5.75 Å². The zero-order valence-corrected chi connectivity index (χ0v) is 19.1. The van der Waals surface area contributed by atoms with Gasteiger partial charge in [-0.2, -0.15) is 0 Å². The van der Waals surface area contributed by atoms with Gasteiger partial charge in [-0.05, 0) is 36.4 Å². The van der Waals surface area contributed by atoms with Gasteiger partial charge in [-0.25, -0.2) is 9.78 Å². The number of pyridine rings is 1. The van der Waals surface area contributed by atoms with Crippen LogP contribution in [0.5, 0.6) is 5.75 Å². The van der Waals surface area contributed by atoms with Gasteiger partial charge in [0.25, 0.3) is 5.91 Å². The fourth-order valence-corrected chi connectivity index (χ4v) is 4.79. The molecule has 0 fully saturated rings. The van der Waals surface area contributed by atoms with Crippen LogP contribution in [0.15, 0.2) is 67.0 Å². The number of benzene rings is 2. The average molecular weight is 487 g/mol. The first-order valence-corrected chi connectivity index (χ1v) is 11.3. The number of aromatic nitrogens is 2. The van der Waals surface area contributed by atoms with Gasteiger partial charge >= 0.3 is 5.97 Å². The van der Waals surface area contributed by atoms with Crippen LogP contribution in [0.3, 0.4) is 0 Å². The summed E-state index contributed by atoms with van der Waals surface area (Å²) >= 11 is 1.16. The number of anilines is 1. The van der Waals surface area contributed by atoms with Crippen molar-refractivity contribution in [3.63, 3.8) is 0 Å². The van der Waals surface area contributed by atoms with Crippen LogP contribution >= 0.6 is 11.3 Å². The van der Waals surface area contributed by atoms with Crippen molar-refractivity contribution in [3.05, 3.63) is 83.7 Å². The van der Waals surface area contributed by atoms with Gasteiger partial charge in [-0.1, -0.05) is 29.5 Å². The summed E-state index contributed by atoms with van der Waals surface area (Å²) in [6.07, 6.45) is 1.56. The first kappa shape index (κ1) is 22.4. The van der Waals surface area contributed by atoms with E-state index in [0.29, 0.717) is 16.8 Å². The van der Waals surface area contributed by atoms with Crippen molar-refractivity contribution in [1.29, 1.82) is 0 Å². The largest absolute Gasteiger partial charge is 0.497 e. The molecule has 35 heavy (non-hydrogen) atoms. The number of nitrogens with one attached hydrogen (secondary N) is 1. The number of hydrogen-bond donors (Lipinski definition) is 1. The smallest absolute Gasteiger partial charge is 0.339 e. The van der Waals surface area contributed by atoms with E-state index in [-0.39, 0.29) is 16.3 Å². The van der Waals surface area contributed by atoms with Gasteiger partial charge in [0.15, 0.2) is 10.9 Å². The Bertz CT molecular complexity index is 1480. The van der Waals surface area contributed by atoms with Crippen LogP contribution in [0.25, 0.3) is 10.2 Å². The van der Waals surface area contributed by atoms with Gasteiger partial charge in [-0.15, -0.1) is 0 Å². The Morgan fingerprint density at radius 1 is 1.09 bits per heavy atom. The van der Waals surface area contributed by atoms with Crippen LogP contribution in [0.4, 0.5) is 5.13 Å². The number of ether oxygens (including phenoxy) is 2. The lowest BCUT2D eigenvalue weighted by atomic mass is 9.85. The zero-order valence-electron chi connectivity index (χ0n) is 18.3. The van der Waals surface area contributed by atoms with Crippen LogP contribution in [0.2, 0.25) is 0 Å². The summed E-state index contributed by atoms with van der Waals surface area (Å²) in [5, 5.41) is 2.67. The highest BCUT2D eigenvalue weighted by Crippen LogP contribution is 2.38. The molecule has 1 aliphatic heterocycles. The topological polar surface area (TPSA) is 125 Å². The lowest BCUT2D eigenvalue weighted by Gasteiger charge is -2.20. The van der Waals surface area contributed by atoms with Crippen LogP contribution in [0.1, 0.15) is 32.4 Å². The number of ketones is 2. The number of esters is 1. The molecule has 0 spiro atoms. The zero-order chi connectivity index (χ0) is 24.5. The molecule has 9 nitrogen and oxygen atoms in total. The third-order valence-electron chi connectivity index (χ3n) is 5.59. The first-order chi connectivity index (χ1) is 17.0. The first-order valence-electron chi connectivity index (χ1n) is 10.5. The van der Waals surface area contributed by atoms with Gasteiger partial charge in [-0.3, -0.25) is 24.7 Å². The second-order valence-electron chi connectivity index (χ2n) is 7.66. The maximum Gasteiger partial charge on any atom is 0.339 e. The average Bonchev–Trinajstić information content (AvgIpc) is 3.44. The minimum absolute atomic E-state index is 0.165. The Morgan fingerprint density at radius 2 is 1.86 bits per heavy atom. The molecule has 174 valence electrons. The van der Waals surface area contributed by atoms with E-state index in [1.54, 1.807) is 42.5 Å². The van der Waals surface area contributed by atoms with Crippen molar-refractivity contribution in [2.45, 2.75) is 6.10 Å². The molecule has 3 heterocycles. The van der Waals surface area contributed by atoms with E-state index in [0.717, 1.165) is 16.0 Å². The number of carbonyl (C=O) groups excluding carboxylic acids is 4. The number of hydrogen-bond acceptors (Lipinski definition) is 9. The fourth-order valence-electron chi connectivity index (χ4n) is 3.90. The van der Waals surface area contributed by atoms with Gasteiger partial charge in [0.2, 0.25) is 5.78 Å². The summed E-state index contributed by atoms with van der Waals surface area (Å²) < 4.78 is 11.4. The van der Waals surface area contributed by atoms with E-state index in [1.165, 1.54) is 31.6 Å². The minimum atomic E-state index is -1.58. The van der Waals surface area contributed by atoms with Gasteiger partial charge in [0.1, 0.15) is 17.8 Å². The molecule has 10 heteroatoms. The number of Topliss-reactive ketones (excluding diaryl/α,β-unsaturated/α-hetero) is 2. The van der Waals surface area contributed by atoms with Crippen LogP contribution in [0, 0.1) is 5.92 Å². The third-order valence-corrected chi connectivity index (χ3v) is 6.53. The lowest BCUT2D eigenvalue weighted by Crippen LogP contribution is -2.38. The summed E-state index contributed by atoms with van der Waals surface area (Å²) in [6.45, 7) is 0. The molecule has 1 amide bonds. The molecule has 5 rings (SSSR count). The Balaban J connectivity index is 1.48. The molecule has 0 bridgehead atoms. The van der Waals surface area contributed by atoms with Crippen LogP contribution in [-0.2, 0) is 14.3 Å². The second-order valence-corrected chi connectivity index (χ2v) is 8.69. The normalized spacial score (nSPS) is 15.2. The van der Waals surface area contributed by atoms with E-state index in [1.807, 2.05) is 0 Å². The van der Waals surface area contributed by atoms with E-state index in [2.05, 4.69) is 15.3 Å².